The summed E-state index contributed by atoms with van der Waals surface area (Å²) in [5.74, 6) is -6.20. The first kappa shape index (κ1) is 9.76. The summed E-state index contributed by atoms with van der Waals surface area (Å²) in [5, 5.41) is 0. The molecular formula is C7H3F4I. The first-order valence-corrected chi connectivity index (χ1v) is 4.02. The molecule has 1 rings (SSSR count). The summed E-state index contributed by atoms with van der Waals surface area (Å²) in [6, 6.07) is 0. The molecule has 0 radical (unpaired) electrons. The van der Waals surface area contributed by atoms with Gasteiger partial charge in [0.1, 0.15) is 0 Å². The Labute approximate surface area is 79.7 Å². The number of hydrogen-bond acceptors (Lipinski definition) is 0. The monoisotopic (exact) mass is 290 g/mol. The van der Waals surface area contributed by atoms with E-state index in [1.807, 2.05) is 0 Å². The van der Waals surface area contributed by atoms with Crippen molar-refractivity contribution in [3.05, 3.63) is 32.4 Å². The van der Waals surface area contributed by atoms with E-state index in [1.165, 1.54) is 29.5 Å². The van der Waals surface area contributed by atoms with Gasteiger partial charge in [-0.1, -0.05) is 0 Å². The second-order valence-electron chi connectivity index (χ2n) is 2.19. The minimum absolute atomic E-state index is 0.216. The maximum Gasteiger partial charge on any atom is 0.198 e. The van der Waals surface area contributed by atoms with Crippen molar-refractivity contribution in [3.8, 4) is 0 Å². The van der Waals surface area contributed by atoms with E-state index < -0.39 is 23.3 Å². The first-order chi connectivity index (χ1) is 5.46. The molecule has 0 heterocycles. The van der Waals surface area contributed by atoms with Crippen LogP contribution in [-0.4, -0.2) is 0 Å². The zero-order valence-electron chi connectivity index (χ0n) is 5.89. The molecular weight excluding hydrogens is 287 g/mol. The van der Waals surface area contributed by atoms with Crippen molar-refractivity contribution < 1.29 is 17.6 Å². The molecule has 0 aliphatic carbocycles. The maximum absolute atomic E-state index is 12.6. The molecule has 0 aromatic heterocycles. The quantitative estimate of drug-likeness (QED) is 0.298. The van der Waals surface area contributed by atoms with E-state index in [-0.39, 0.29) is 9.13 Å². The first-order valence-electron chi connectivity index (χ1n) is 2.94. The van der Waals surface area contributed by atoms with E-state index in [0.717, 1.165) is 0 Å². The van der Waals surface area contributed by atoms with Crippen molar-refractivity contribution in [2.45, 2.75) is 6.92 Å². The van der Waals surface area contributed by atoms with Crippen LogP contribution in [0.4, 0.5) is 17.6 Å². The van der Waals surface area contributed by atoms with E-state index in [4.69, 9.17) is 0 Å². The molecule has 1 aromatic rings. The molecule has 0 N–H and O–H groups in total. The summed E-state index contributed by atoms with van der Waals surface area (Å²) < 4.78 is 49.9. The Balaban J connectivity index is 3.60. The SMILES string of the molecule is Cc1c(F)c(F)c(F)c(F)c1I. The highest BCUT2D eigenvalue weighted by molar-refractivity contribution is 14.1. The smallest absolute Gasteiger partial charge is 0.198 e. The standard InChI is InChI=1S/C7H3F4I/c1-2-3(8)4(9)5(10)6(11)7(2)12/h1H3. The molecule has 1 aromatic carbocycles. The van der Waals surface area contributed by atoms with Crippen molar-refractivity contribution in [1.29, 1.82) is 0 Å². The predicted octanol–water partition coefficient (Wildman–Crippen LogP) is 3.16. The van der Waals surface area contributed by atoms with E-state index in [9.17, 15) is 17.6 Å². The van der Waals surface area contributed by atoms with E-state index in [1.54, 1.807) is 0 Å². The summed E-state index contributed by atoms with van der Waals surface area (Å²) in [6.07, 6.45) is 0. The fourth-order valence-corrected chi connectivity index (χ4v) is 1.19. The number of rotatable bonds is 0. The third-order valence-corrected chi connectivity index (χ3v) is 2.71. The van der Waals surface area contributed by atoms with Crippen molar-refractivity contribution in [3.63, 3.8) is 0 Å². The van der Waals surface area contributed by atoms with Gasteiger partial charge in [0.2, 0.25) is 0 Å². The Bertz CT molecular complexity index is 230. The van der Waals surface area contributed by atoms with Gasteiger partial charge in [0, 0.05) is 5.56 Å². The van der Waals surface area contributed by atoms with Crippen LogP contribution >= 0.6 is 22.6 Å². The molecule has 0 unspecified atom stereocenters. The zero-order chi connectivity index (χ0) is 9.46. The Morgan fingerprint density at radius 2 is 1.25 bits per heavy atom. The number of benzene rings is 1. The van der Waals surface area contributed by atoms with Gasteiger partial charge in [0.25, 0.3) is 0 Å². The lowest BCUT2D eigenvalue weighted by atomic mass is 10.2. The van der Waals surface area contributed by atoms with Crippen LogP contribution in [0.1, 0.15) is 5.56 Å². The Kier molecular flexibility index (Phi) is 2.60. The summed E-state index contributed by atoms with van der Waals surface area (Å²) >= 11 is 1.42. The molecule has 0 aliphatic rings. The van der Waals surface area contributed by atoms with Gasteiger partial charge in [0.15, 0.2) is 23.3 Å². The lowest BCUT2D eigenvalue weighted by Gasteiger charge is -2.03. The molecule has 5 heteroatoms. The molecule has 0 saturated heterocycles. The number of hydrogen-bond donors (Lipinski definition) is 0. The van der Waals surface area contributed by atoms with E-state index in [0.29, 0.717) is 0 Å². The van der Waals surface area contributed by atoms with Crippen molar-refractivity contribution in [2.75, 3.05) is 0 Å². The highest BCUT2D eigenvalue weighted by atomic mass is 127. The van der Waals surface area contributed by atoms with Gasteiger partial charge in [-0.05, 0) is 29.5 Å². The highest BCUT2D eigenvalue weighted by Crippen LogP contribution is 2.24. The van der Waals surface area contributed by atoms with Gasteiger partial charge in [0.05, 0.1) is 3.57 Å². The van der Waals surface area contributed by atoms with Crippen molar-refractivity contribution in [1.82, 2.24) is 0 Å². The summed E-state index contributed by atoms with van der Waals surface area (Å²) in [6.45, 7) is 1.18. The molecule has 0 fully saturated rings. The van der Waals surface area contributed by atoms with Crippen LogP contribution in [-0.2, 0) is 0 Å². The highest BCUT2D eigenvalue weighted by Gasteiger charge is 2.20. The van der Waals surface area contributed by atoms with Gasteiger partial charge in [-0.15, -0.1) is 0 Å². The fraction of sp³-hybridized carbons (Fsp3) is 0.143. The summed E-state index contributed by atoms with van der Waals surface area (Å²) in [7, 11) is 0. The Morgan fingerprint density at radius 3 is 1.75 bits per heavy atom. The average Bonchev–Trinajstić information content (AvgIpc) is 2.08. The Morgan fingerprint density at radius 1 is 0.833 bits per heavy atom. The summed E-state index contributed by atoms with van der Waals surface area (Å²) in [4.78, 5) is 0. The predicted molar refractivity (Wildman–Crippen MR) is 43.7 cm³/mol. The van der Waals surface area contributed by atoms with Gasteiger partial charge in [-0.25, -0.2) is 17.6 Å². The third-order valence-electron chi connectivity index (χ3n) is 1.43. The largest absolute Gasteiger partial charge is 0.203 e. The molecule has 0 saturated carbocycles. The van der Waals surface area contributed by atoms with Crippen LogP contribution in [0, 0.1) is 33.8 Å². The van der Waals surface area contributed by atoms with Crippen LogP contribution in [0.5, 0.6) is 0 Å². The zero-order valence-corrected chi connectivity index (χ0v) is 8.05. The van der Waals surface area contributed by atoms with Crippen LogP contribution in [0.2, 0.25) is 0 Å². The van der Waals surface area contributed by atoms with Crippen LogP contribution in [0.15, 0.2) is 0 Å². The lowest BCUT2D eigenvalue weighted by molar-refractivity contribution is 0.402. The fourth-order valence-electron chi connectivity index (χ4n) is 0.715. The van der Waals surface area contributed by atoms with Crippen LogP contribution in [0.25, 0.3) is 0 Å². The topological polar surface area (TPSA) is 0 Å². The van der Waals surface area contributed by atoms with E-state index >= 15 is 0 Å². The minimum atomic E-state index is -1.76. The normalized spacial score (nSPS) is 10.5. The molecule has 0 aliphatic heterocycles. The molecule has 12 heavy (non-hydrogen) atoms. The maximum atomic E-state index is 12.6. The molecule has 0 nitrogen and oxygen atoms in total. The van der Waals surface area contributed by atoms with Gasteiger partial charge in [-0.2, -0.15) is 0 Å². The van der Waals surface area contributed by atoms with E-state index in [2.05, 4.69) is 0 Å². The van der Waals surface area contributed by atoms with Crippen molar-refractivity contribution in [2.24, 2.45) is 0 Å². The summed E-state index contributed by atoms with van der Waals surface area (Å²) in [5.41, 5.74) is -0.216. The Hall–Kier alpha value is -0.330. The molecule has 66 valence electrons. The van der Waals surface area contributed by atoms with Crippen LogP contribution < -0.4 is 0 Å². The number of halogens is 5. The minimum Gasteiger partial charge on any atom is -0.203 e. The molecule has 0 atom stereocenters. The van der Waals surface area contributed by atoms with Crippen LogP contribution in [0.3, 0.4) is 0 Å². The van der Waals surface area contributed by atoms with Crippen molar-refractivity contribution >= 4 is 22.6 Å². The molecule has 0 spiro atoms. The molecule has 0 bridgehead atoms. The second kappa shape index (κ2) is 3.20. The van der Waals surface area contributed by atoms with Gasteiger partial charge in [-0.3, -0.25) is 0 Å². The van der Waals surface area contributed by atoms with Gasteiger partial charge >= 0.3 is 0 Å². The lowest BCUT2D eigenvalue weighted by Crippen LogP contribution is -2.02. The van der Waals surface area contributed by atoms with Gasteiger partial charge < -0.3 is 0 Å². The average molecular weight is 290 g/mol. The molecule has 0 amide bonds. The third kappa shape index (κ3) is 1.30. The second-order valence-corrected chi connectivity index (χ2v) is 3.27.